The second-order valence-electron chi connectivity index (χ2n) is 12.3. The molecule has 4 heterocycles. The SMILES string of the molecule is CC(C)(C)CC(=O)Nc1cncc(-c2cc3c(-c4nc5c(-c6cc(F)cc(CNS(C)(=O)=O)c6)ccnc5[nH]4)n[nH]c3cc2F)c1. The van der Waals surface area contributed by atoms with Crippen LogP contribution in [0.2, 0.25) is 0 Å². The van der Waals surface area contributed by atoms with Gasteiger partial charge in [0.1, 0.15) is 22.8 Å². The number of pyridine rings is 2. The third-order valence-corrected chi connectivity index (χ3v) is 7.76. The second kappa shape index (κ2) is 11.7. The molecule has 2 aromatic carbocycles. The summed E-state index contributed by atoms with van der Waals surface area (Å²) >= 11 is 0. The molecule has 0 fully saturated rings. The van der Waals surface area contributed by atoms with Crippen LogP contribution in [0.25, 0.3) is 55.8 Å². The number of carbonyl (C=O) groups is 1. The van der Waals surface area contributed by atoms with E-state index in [1.54, 1.807) is 30.5 Å². The summed E-state index contributed by atoms with van der Waals surface area (Å²) in [7, 11) is -3.48. The molecule has 0 radical (unpaired) electrons. The summed E-state index contributed by atoms with van der Waals surface area (Å²) in [5.41, 5.74) is 4.11. The Bertz CT molecular complexity index is 2240. The minimum absolute atomic E-state index is 0.0799. The molecular formula is C32H30F2N8O3S. The van der Waals surface area contributed by atoms with Crippen molar-refractivity contribution in [2.24, 2.45) is 5.41 Å². The first-order valence-corrected chi connectivity index (χ1v) is 16.1. The van der Waals surface area contributed by atoms with Crippen LogP contribution in [0.1, 0.15) is 32.8 Å². The third-order valence-electron chi connectivity index (χ3n) is 7.09. The number of imidazole rings is 1. The number of nitrogens with zero attached hydrogens (tertiary/aromatic N) is 4. The molecule has 1 amide bonds. The molecule has 0 aliphatic heterocycles. The summed E-state index contributed by atoms with van der Waals surface area (Å²) in [5.74, 6) is -0.875. The molecule has 0 unspecified atom stereocenters. The van der Waals surface area contributed by atoms with E-state index in [-0.39, 0.29) is 23.4 Å². The first-order valence-electron chi connectivity index (χ1n) is 14.2. The van der Waals surface area contributed by atoms with E-state index < -0.39 is 21.7 Å². The maximum absolute atomic E-state index is 15.4. The van der Waals surface area contributed by atoms with Crippen molar-refractivity contribution in [2.45, 2.75) is 33.7 Å². The van der Waals surface area contributed by atoms with Crippen molar-refractivity contribution in [1.82, 2.24) is 34.9 Å². The van der Waals surface area contributed by atoms with E-state index in [1.807, 2.05) is 20.8 Å². The molecule has 4 N–H and O–H groups in total. The van der Waals surface area contributed by atoms with E-state index in [4.69, 9.17) is 4.98 Å². The van der Waals surface area contributed by atoms with Gasteiger partial charge < -0.3 is 10.3 Å². The molecule has 0 spiro atoms. The number of benzene rings is 2. The Morgan fingerprint density at radius 3 is 2.57 bits per heavy atom. The molecule has 0 saturated heterocycles. The van der Waals surface area contributed by atoms with Gasteiger partial charge in [0.05, 0.1) is 23.7 Å². The quantitative estimate of drug-likeness (QED) is 0.160. The second-order valence-corrected chi connectivity index (χ2v) is 14.1. The first-order chi connectivity index (χ1) is 21.7. The molecule has 0 aliphatic carbocycles. The monoisotopic (exact) mass is 644 g/mol. The number of rotatable bonds is 8. The van der Waals surface area contributed by atoms with Gasteiger partial charge in [0, 0.05) is 53.5 Å². The zero-order chi connectivity index (χ0) is 32.8. The number of fused-ring (bicyclic) bond motifs is 2. The number of carbonyl (C=O) groups excluding carboxylic acids is 1. The highest BCUT2D eigenvalue weighted by Crippen LogP contribution is 2.35. The van der Waals surface area contributed by atoms with Crippen molar-refractivity contribution in [3.8, 4) is 33.8 Å². The van der Waals surface area contributed by atoms with Crippen molar-refractivity contribution in [2.75, 3.05) is 11.6 Å². The van der Waals surface area contributed by atoms with Crippen LogP contribution in [-0.4, -0.2) is 50.7 Å². The van der Waals surface area contributed by atoms with E-state index in [2.05, 4.69) is 35.2 Å². The highest BCUT2D eigenvalue weighted by Gasteiger charge is 2.20. The lowest BCUT2D eigenvalue weighted by Crippen LogP contribution is -2.21. The molecule has 0 bridgehead atoms. The molecular weight excluding hydrogens is 614 g/mol. The molecule has 236 valence electrons. The number of halogens is 2. The van der Waals surface area contributed by atoms with Gasteiger partial charge in [0.15, 0.2) is 11.5 Å². The fourth-order valence-corrected chi connectivity index (χ4v) is 5.59. The smallest absolute Gasteiger partial charge is 0.224 e. The Hall–Kier alpha value is -5.08. The lowest BCUT2D eigenvalue weighted by atomic mass is 9.92. The minimum Gasteiger partial charge on any atom is -0.325 e. The largest absolute Gasteiger partial charge is 0.325 e. The van der Waals surface area contributed by atoms with Crippen molar-refractivity contribution < 1.29 is 22.0 Å². The normalized spacial score (nSPS) is 12.2. The van der Waals surface area contributed by atoms with Gasteiger partial charge in [-0.1, -0.05) is 20.8 Å². The van der Waals surface area contributed by atoms with Gasteiger partial charge in [0.2, 0.25) is 15.9 Å². The average Bonchev–Trinajstić information content (AvgIpc) is 3.57. The number of aromatic nitrogens is 6. The van der Waals surface area contributed by atoms with Crippen molar-refractivity contribution in [3.63, 3.8) is 0 Å². The van der Waals surface area contributed by atoms with Crippen LogP contribution in [0.15, 0.2) is 61.1 Å². The Morgan fingerprint density at radius 2 is 1.80 bits per heavy atom. The van der Waals surface area contributed by atoms with Gasteiger partial charge in [0.25, 0.3) is 0 Å². The average molecular weight is 645 g/mol. The Kier molecular flexibility index (Phi) is 7.86. The predicted molar refractivity (Wildman–Crippen MR) is 172 cm³/mol. The Morgan fingerprint density at radius 1 is 1.00 bits per heavy atom. The van der Waals surface area contributed by atoms with Crippen LogP contribution in [0.3, 0.4) is 0 Å². The van der Waals surface area contributed by atoms with Gasteiger partial charge in [-0.3, -0.25) is 14.9 Å². The molecule has 14 heteroatoms. The van der Waals surface area contributed by atoms with Gasteiger partial charge in [-0.25, -0.2) is 31.9 Å². The van der Waals surface area contributed by atoms with Crippen molar-refractivity contribution >= 4 is 43.7 Å². The molecule has 6 rings (SSSR count). The van der Waals surface area contributed by atoms with Gasteiger partial charge in [-0.05, 0) is 52.9 Å². The number of sulfonamides is 1. The van der Waals surface area contributed by atoms with E-state index in [1.165, 1.54) is 30.6 Å². The van der Waals surface area contributed by atoms with Crippen LogP contribution in [-0.2, 0) is 21.4 Å². The van der Waals surface area contributed by atoms with Crippen LogP contribution in [0.5, 0.6) is 0 Å². The summed E-state index contributed by atoms with van der Waals surface area (Å²) in [6.45, 7) is 5.82. The summed E-state index contributed by atoms with van der Waals surface area (Å²) in [5, 5.41) is 10.6. The number of nitrogens with one attached hydrogen (secondary N) is 4. The van der Waals surface area contributed by atoms with Gasteiger partial charge in [-0.2, -0.15) is 5.10 Å². The molecule has 11 nitrogen and oxygen atoms in total. The highest BCUT2D eigenvalue weighted by molar-refractivity contribution is 7.88. The van der Waals surface area contributed by atoms with Crippen LogP contribution >= 0.6 is 0 Å². The Labute approximate surface area is 263 Å². The first kappa shape index (κ1) is 30.9. The van der Waals surface area contributed by atoms with E-state index in [9.17, 15) is 17.6 Å². The molecule has 0 aliphatic rings. The summed E-state index contributed by atoms with van der Waals surface area (Å²) in [4.78, 5) is 29.0. The lowest BCUT2D eigenvalue weighted by Gasteiger charge is -2.17. The number of hydrogen-bond acceptors (Lipinski definition) is 7. The highest BCUT2D eigenvalue weighted by atomic mass is 32.2. The van der Waals surface area contributed by atoms with E-state index in [0.717, 1.165) is 6.26 Å². The maximum atomic E-state index is 15.4. The number of aromatic amines is 2. The number of H-pyrrole nitrogens is 2. The molecule has 4 aromatic heterocycles. The summed E-state index contributed by atoms with van der Waals surface area (Å²) < 4.78 is 55.5. The Balaban J connectivity index is 1.37. The molecule has 0 saturated carbocycles. The predicted octanol–water partition coefficient (Wildman–Crippen LogP) is 5.93. The number of hydrogen-bond donors (Lipinski definition) is 4. The molecule has 0 atom stereocenters. The van der Waals surface area contributed by atoms with Gasteiger partial charge in [-0.15, -0.1) is 0 Å². The van der Waals surface area contributed by atoms with Crippen LogP contribution in [0, 0.1) is 17.0 Å². The fraction of sp³-hybridized carbons (Fsp3) is 0.219. The molecule has 46 heavy (non-hydrogen) atoms. The standard InChI is InChI=1S/C32H30F2N8O3S/c1-32(2,3)13-27(43)38-21-10-19(15-35-16-21)23-11-24-26(12-25(23)34)41-42-29(24)31-39-28-22(5-6-36-30(28)40-31)18-7-17(8-20(33)9-18)14-37-46(4,44)45/h5-12,15-16,37H,13-14H2,1-4H3,(H,38,43)(H,41,42)(H,36,39,40). The van der Waals surface area contributed by atoms with E-state index in [0.29, 0.717) is 67.9 Å². The zero-order valence-electron chi connectivity index (χ0n) is 25.4. The summed E-state index contributed by atoms with van der Waals surface area (Å²) in [6.07, 6.45) is 5.91. The van der Waals surface area contributed by atoms with Crippen molar-refractivity contribution in [3.05, 3.63) is 78.3 Å². The lowest BCUT2D eigenvalue weighted by molar-refractivity contribution is -0.117. The van der Waals surface area contributed by atoms with E-state index >= 15 is 4.39 Å². The topological polar surface area (TPSA) is 158 Å². The van der Waals surface area contributed by atoms with Gasteiger partial charge >= 0.3 is 0 Å². The third kappa shape index (κ3) is 6.77. The zero-order valence-corrected chi connectivity index (χ0v) is 26.2. The van der Waals surface area contributed by atoms with Crippen molar-refractivity contribution in [1.29, 1.82) is 0 Å². The van der Waals surface area contributed by atoms with Crippen LogP contribution in [0.4, 0.5) is 14.5 Å². The number of amides is 1. The minimum atomic E-state index is -3.48. The van der Waals surface area contributed by atoms with Crippen LogP contribution < -0.4 is 10.0 Å². The summed E-state index contributed by atoms with van der Waals surface area (Å²) in [6, 6.07) is 10.6. The number of anilines is 1. The maximum Gasteiger partial charge on any atom is 0.224 e. The fourth-order valence-electron chi connectivity index (χ4n) is 5.16. The molecule has 6 aromatic rings.